The van der Waals surface area contributed by atoms with Gasteiger partial charge in [0.25, 0.3) is 10.0 Å². The van der Waals surface area contributed by atoms with E-state index in [4.69, 9.17) is 45.3 Å². The molecule has 0 spiro atoms. The van der Waals surface area contributed by atoms with E-state index in [-0.39, 0.29) is 49.7 Å². The van der Waals surface area contributed by atoms with Crippen molar-refractivity contribution >= 4 is 72.9 Å². The normalized spacial score (nSPS) is 11.5. The summed E-state index contributed by atoms with van der Waals surface area (Å²) in [6.45, 7) is 1.65. The van der Waals surface area contributed by atoms with E-state index in [0.29, 0.717) is 5.02 Å². The molecule has 0 fully saturated rings. The lowest BCUT2D eigenvalue weighted by molar-refractivity contribution is 0.104. The second-order valence-electron chi connectivity index (χ2n) is 6.10. The zero-order valence-corrected chi connectivity index (χ0v) is 19.9. The van der Waals surface area contributed by atoms with E-state index in [2.05, 4.69) is 4.98 Å². The maximum absolute atomic E-state index is 13.2. The Bertz CT molecular complexity index is 1230. The van der Waals surface area contributed by atoms with Gasteiger partial charge in [-0.3, -0.25) is 4.79 Å². The van der Waals surface area contributed by atoms with Gasteiger partial charge < -0.3 is 10.5 Å². The van der Waals surface area contributed by atoms with Crippen LogP contribution >= 0.6 is 46.1 Å². The van der Waals surface area contributed by atoms with Crippen molar-refractivity contribution in [2.24, 2.45) is 0 Å². The number of carbonyl (C=O) groups excluding carboxylic acids is 1. The van der Waals surface area contributed by atoms with Crippen molar-refractivity contribution in [3.8, 4) is 0 Å². The number of anilines is 2. The number of nitrogen functional groups attached to an aromatic ring is 1. The highest BCUT2D eigenvalue weighted by atomic mass is 35.5. The van der Waals surface area contributed by atoms with E-state index in [1.165, 1.54) is 36.4 Å². The average molecular weight is 521 g/mol. The standard InChI is InChI=1S/C19H16Cl3N3O4S2/c1-2-29-10-25(31(27,28)13-5-3-4-11(20)8-13)19-24-18(23)17(30-19)16(26)14-7-6-12(21)9-15(14)22/h3-9H,2,10,23H2,1H3. The number of sulfonamides is 1. The minimum Gasteiger partial charge on any atom is -0.382 e. The van der Waals surface area contributed by atoms with Crippen LogP contribution in [0, 0.1) is 0 Å². The van der Waals surface area contributed by atoms with Crippen LogP contribution in [0.4, 0.5) is 10.9 Å². The SMILES string of the molecule is CCOCN(c1nc(N)c(C(=O)c2ccc(Cl)cc2Cl)s1)S(=O)(=O)c1cccc(Cl)c1. The number of halogens is 3. The summed E-state index contributed by atoms with van der Waals surface area (Å²) in [5, 5.41) is 0.739. The summed E-state index contributed by atoms with van der Waals surface area (Å²) in [6, 6.07) is 10.2. The van der Waals surface area contributed by atoms with Crippen LogP contribution in [0.2, 0.25) is 15.1 Å². The minimum atomic E-state index is -4.09. The Balaban J connectivity index is 2.05. The summed E-state index contributed by atoms with van der Waals surface area (Å²) in [6.07, 6.45) is 0. The van der Waals surface area contributed by atoms with Crippen molar-refractivity contribution in [1.29, 1.82) is 0 Å². The molecule has 0 amide bonds. The highest BCUT2D eigenvalue weighted by molar-refractivity contribution is 7.93. The molecule has 1 aromatic heterocycles. The van der Waals surface area contributed by atoms with Gasteiger partial charge in [-0.25, -0.2) is 17.7 Å². The number of nitrogens with two attached hydrogens (primary N) is 1. The van der Waals surface area contributed by atoms with Gasteiger partial charge in [0.15, 0.2) is 0 Å². The van der Waals surface area contributed by atoms with Crippen LogP contribution < -0.4 is 10.0 Å². The fourth-order valence-corrected chi connectivity index (χ4v) is 5.77. The highest BCUT2D eigenvalue weighted by Crippen LogP contribution is 2.35. The van der Waals surface area contributed by atoms with Crippen molar-refractivity contribution in [3.05, 3.63) is 68.0 Å². The fraction of sp³-hybridized carbons (Fsp3) is 0.158. The number of carbonyl (C=O) groups is 1. The molecule has 0 aliphatic rings. The maximum Gasteiger partial charge on any atom is 0.268 e. The number of aromatic nitrogens is 1. The second kappa shape index (κ2) is 9.72. The van der Waals surface area contributed by atoms with Gasteiger partial charge >= 0.3 is 0 Å². The van der Waals surface area contributed by atoms with E-state index in [0.717, 1.165) is 15.6 Å². The number of ether oxygens (including phenoxy) is 1. The molecule has 3 aromatic rings. The molecule has 2 aromatic carbocycles. The number of hydrogen-bond acceptors (Lipinski definition) is 7. The first-order valence-corrected chi connectivity index (χ1v) is 12.2. The predicted octanol–water partition coefficient (Wildman–Crippen LogP) is 5.11. The lowest BCUT2D eigenvalue weighted by atomic mass is 10.1. The summed E-state index contributed by atoms with van der Waals surface area (Å²) in [7, 11) is -4.09. The van der Waals surface area contributed by atoms with Crippen molar-refractivity contribution in [2.75, 3.05) is 23.4 Å². The predicted molar refractivity (Wildman–Crippen MR) is 124 cm³/mol. The lowest BCUT2D eigenvalue weighted by Crippen LogP contribution is -2.33. The number of benzene rings is 2. The van der Waals surface area contributed by atoms with Crippen LogP contribution in [0.15, 0.2) is 47.4 Å². The molecule has 0 saturated carbocycles. The quantitative estimate of drug-likeness (QED) is 0.327. The monoisotopic (exact) mass is 519 g/mol. The Morgan fingerprint density at radius 1 is 1.16 bits per heavy atom. The van der Waals surface area contributed by atoms with Crippen molar-refractivity contribution in [3.63, 3.8) is 0 Å². The molecule has 3 rings (SSSR count). The van der Waals surface area contributed by atoms with E-state index < -0.39 is 15.8 Å². The van der Waals surface area contributed by atoms with Crippen LogP contribution in [-0.2, 0) is 14.8 Å². The van der Waals surface area contributed by atoms with Crippen molar-refractivity contribution in [2.45, 2.75) is 11.8 Å². The average Bonchev–Trinajstić information content (AvgIpc) is 3.09. The molecule has 0 atom stereocenters. The Morgan fingerprint density at radius 2 is 1.87 bits per heavy atom. The number of thiazole rings is 1. The van der Waals surface area contributed by atoms with E-state index in [1.54, 1.807) is 13.0 Å². The maximum atomic E-state index is 13.2. The van der Waals surface area contributed by atoms with Gasteiger partial charge in [0, 0.05) is 22.2 Å². The van der Waals surface area contributed by atoms with Crippen LogP contribution in [0.25, 0.3) is 0 Å². The van der Waals surface area contributed by atoms with E-state index >= 15 is 0 Å². The Kier molecular flexibility index (Phi) is 7.46. The Labute approximate surface area is 198 Å². The lowest BCUT2D eigenvalue weighted by Gasteiger charge is -2.21. The number of rotatable bonds is 8. The van der Waals surface area contributed by atoms with Crippen LogP contribution in [-0.4, -0.2) is 32.5 Å². The van der Waals surface area contributed by atoms with Crippen LogP contribution in [0.5, 0.6) is 0 Å². The zero-order valence-electron chi connectivity index (χ0n) is 16.0. The first kappa shape index (κ1) is 23.8. The van der Waals surface area contributed by atoms with Gasteiger partial charge in [-0.1, -0.05) is 52.2 Å². The van der Waals surface area contributed by atoms with Crippen LogP contribution in [0.1, 0.15) is 22.2 Å². The second-order valence-corrected chi connectivity index (χ2v) is 10.2. The fourth-order valence-electron chi connectivity index (χ4n) is 2.54. The summed E-state index contributed by atoms with van der Waals surface area (Å²) in [5.41, 5.74) is 6.13. The molecule has 0 saturated heterocycles. The van der Waals surface area contributed by atoms with Gasteiger partial charge in [0.05, 0.1) is 9.92 Å². The third kappa shape index (κ3) is 5.14. The van der Waals surface area contributed by atoms with Gasteiger partial charge in [0.1, 0.15) is 17.4 Å². The topological polar surface area (TPSA) is 103 Å². The molecule has 0 aliphatic carbocycles. The molecule has 0 aliphatic heterocycles. The zero-order chi connectivity index (χ0) is 22.8. The number of ketones is 1. The highest BCUT2D eigenvalue weighted by Gasteiger charge is 2.30. The number of nitrogens with zero attached hydrogens (tertiary/aromatic N) is 2. The molecular formula is C19H16Cl3N3O4S2. The summed E-state index contributed by atoms with van der Waals surface area (Å²) in [5.74, 6) is -0.627. The molecule has 31 heavy (non-hydrogen) atoms. The van der Waals surface area contributed by atoms with Crippen molar-refractivity contribution in [1.82, 2.24) is 4.98 Å². The van der Waals surface area contributed by atoms with E-state index in [1.807, 2.05) is 0 Å². The molecule has 0 radical (unpaired) electrons. The molecule has 0 unspecified atom stereocenters. The summed E-state index contributed by atoms with van der Waals surface area (Å²) >= 11 is 18.8. The molecule has 164 valence electrons. The molecule has 0 bridgehead atoms. The van der Waals surface area contributed by atoms with Gasteiger partial charge in [-0.2, -0.15) is 0 Å². The smallest absolute Gasteiger partial charge is 0.268 e. The Morgan fingerprint density at radius 3 is 2.52 bits per heavy atom. The minimum absolute atomic E-state index is 0.0284. The van der Waals surface area contributed by atoms with Gasteiger partial charge in [-0.15, -0.1) is 0 Å². The molecule has 12 heteroatoms. The largest absolute Gasteiger partial charge is 0.382 e. The molecule has 7 nitrogen and oxygen atoms in total. The third-order valence-electron chi connectivity index (χ3n) is 4.03. The van der Waals surface area contributed by atoms with Crippen LogP contribution in [0.3, 0.4) is 0 Å². The Hall–Kier alpha value is -1.88. The third-order valence-corrected chi connectivity index (χ3v) is 7.73. The summed E-state index contributed by atoms with van der Waals surface area (Å²) in [4.78, 5) is 17.1. The van der Waals surface area contributed by atoms with Crippen molar-refractivity contribution < 1.29 is 17.9 Å². The first-order valence-electron chi connectivity index (χ1n) is 8.77. The van der Waals surface area contributed by atoms with E-state index in [9.17, 15) is 13.2 Å². The molecule has 2 N–H and O–H groups in total. The molecular weight excluding hydrogens is 505 g/mol. The van der Waals surface area contributed by atoms with Gasteiger partial charge in [-0.05, 0) is 43.3 Å². The van der Waals surface area contributed by atoms with Gasteiger partial charge in [0.2, 0.25) is 10.9 Å². The number of hydrogen-bond donors (Lipinski definition) is 1. The summed E-state index contributed by atoms with van der Waals surface area (Å²) < 4.78 is 32.7. The molecule has 1 heterocycles. The first-order chi connectivity index (χ1) is 14.6.